The van der Waals surface area contributed by atoms with Crippen LogP contribution >= 0.6 is 0 Å². The smallest absolute Gasteiger partial charge is 0.122 e. The largest absolute Gasteiger partial charge is 0.468 e. The third kappa shape index (κ3) is 4.93. The average Bonchev–Trinajstić information content (AvgIpc) is 3.01. The first-order valence-electron chi connectivity index (χ1n) is 7.71. The molecule has 1 aliphatic heterocycles. The van der Waals surface area contributed by atoms with Crippen molar-refractivity contribution in [3.8, 4) is 0 Å². The summed E-state index contributed by atoms with van der Waals surface area (Å²) < 4.78 is 11.3. The van der Waals surface area contributed by atoms with Crippen LogP contribution in [0.1, 0.15) is 38.0 Å². The molecule has 4 heteroatoms. The summed E-state index contributed by atoms with van der Waals surface area (Å²) in [6.45, 7) is 9.13. The zero-order valence-corrected chi connectivity index (χ0v) is 13.0. The molecule has 20 heavy (non-hydrogen) atoms. The molecule has 0 aromatic carbocycles. The van der Waals surface area contributed by atoms with Gasteiger partial charge in [-0.15, -0.1) is 0 Å². The third-order valence-electron chi connectivity index (χ3n) is 3.66. The first-order chi connectivity index (χ1) is 9.65. The Hall–Kier alpha value is -0.840. The van der Waals surface area contributed by atoms with Gasteiger partial charge >= 0.3 is 0 Å². The van der Waals surface area contributed by atoms with E-state index in [1.54, 1.807) is 6.26 Å². The van der Waals surface area contributed by atoms with Gasteiger partial charge in [0.25, 0.3) is 0 Å². The van der Waals surface area contributed by atoms with Gasteiger partial charge in [0.2, 0.25) is 0 Å². The van der Waals surface area contributed by atoms with E-state index in [0.29, 0.717) is 12.0 Å². The maximum absolute atomic E-state index is 5.68. The molecule has 2 heterocycles. The van der Waals surface area contributed by atoms with Gasteiger partial charge in [-0.3, -0.25) is 4.90 Å². The number of hydrogen-bond donors (Lipinski definition) is 1. The van der Waals surface area contributed by atoms with Gasteiger partial charge in [0.15, 0.2) is 0 Å². The minimum atomic E-state index is 0.400. The van der Waals surface area contributed by atoms with Crippen LogP contribution in [-0.4, -0.2) is 37.7 Å². The summed E-state index contributed by atoms with van der Waals surface area (Å²) in [6.07, 6.45) is 4.58. The van der Waals surface area contributed by atoms with Crippen LogP contribution < -0.4 is 5.32 Å². The Balaban J connectivity index is 1.78. The highest BCUT2D eigenvalue weighted by molar-refractivity contribution is 5.16. The van der Waals surface area contributed by atoms with Gasteiger partial charge in [-0.05, 0) is 38.4 Å². The molecular formula is C16H28N2O2. The minimum absolute atomic E-state index is 0.400. The molecule has 0 bridgehead atoms. The maximum atomic E-state index is 5.68. The summed E-state index contributed by atoms with van der Waals surface area (Å²) >= 11 is 0. The summed E-state index contributed by atoms with van der Waals surface area (Å²) in [5, 5.41) is 3.47. The predicted octanol–water partition coefficient (Wildman–Crippen LogP) is 2.64. The molecule has 1 saturated heterocycles. The van der Waals surface area contributed by atoms with E-state index in [0.717, 1.165) is 38.5 Å². The van der Waals surface area contributed by atoms with Gasteiger partial charge in [0, 0.05) is 25.3 Å². The lowest BCUT2D eigenvalue weighted by molar-refractivity contribution is 0.0773. The van der Waals surface area contributed by atoms with Crippen LogP contribution in [0.2, 0.25) is 0 Å². The Morgan fingerprint density at radius 2 is 2.30 bits per heavy atom. The SMILES string of the molecule is CC(C)CNCc1ccoc1CN(C)CC1CCCO1. The van der Waals surface area contributed by atoms with Crippen molar-refractivity contribution in [2.75, 3.05) is 26.7 Å². The monoisotopic (exact) mass is 280 g/mol. The Bertz CT molecular complexity index is 384. The number of ether oxygens (including phenoxy) is 1. The van der Waals surface area contributed by atoms with Crippen molar-refractivity contribution in [1.82, 2.24) is 10.2 Å². The van der Waals surface area contributed by atoms with Gasteiger partial charge in [-0.2, -0.15) is 0 Å². The fraction of sp³-hybridized carbons (Fsp3) is 0.750. The second-order valence-corrected chi connectivity index (χ2v) is 6.23. The lowest BCUT2D eigenvalue weighted by Crippen LogP contribution is -2.28. The van der Waals surface area contributed by atoms with Crippen LogP contribution in [0.3, 0.4) is 0 Å². The number of hydrogen-bond acceptors (Lipinski definition) is 4. The molecular weight excluding hydrogens is 252 g/mol. The number of nitrogens with one attached hydrogen (secondary N) is 1. The fourth-order valence-corrected chi connectivity index (χ4v) is 2.60. The van der Waals surface area contributed by atoms with Crippen molar-refractivity contribution in [3.63, 3.8) is 0 Å². The highest BCUT2D eigenvalue weighted by atomic mass is 16.5. The lowest BCUT2D eigenvalue weighted by atomic mass is 10.2. The van der Waals surface area contributed by atoms with E-state index in [4.69, 9.17) is 9.15 Å². The first-order valence-corrected chi connectivity index (χ1v) is 7.71. The summed E-state index contributed by atoms with van der Waals surface area (Å²) in [7, 11) is 2.13. The molecule has 0 saturated carbocycles. The van der Waals surface area contributed by atoms with Crippen molar-refractivity contribution < 1.29 is 9.15 Å². The van der Waals surface area contributed by atoms with E-state index in [9.17, 15) is 0 Å². The summed E-state index contributed by atoms with van der Waals surface area (Å²) in [6, 6.07) is 2.07. The number of rotatable bonds is 8. The van der Waals surface area contributed by atoms with Crippen LogP contribution in [0.4, 0.5) is 0 Å². The minimum Gasteiger partial charge on any atom is -0.468 e. The van der Waals surface area contributed by atoms with Crippen LogP contribution in [-0.2, 0) is 17.8 Å². The molecule has 1 aromatic heterocycles. The molecule has 1 aromatic rings. The molecule has 1 aliphatic rings. The third-order valence-corrected chi connectivity index (χ3v) is 3.66. The molecule has 1 atom stereocenters. The zero-order valence-electron chi connectivity index (χ0n) is 13.0. The van der Waals surface area contributed by atoms with Gasteiger partial charge in [0.05, 0.1) is 18.9 Å². The molecule has 2 rings (SSSR count). The molecule has 0 radical (unpaired) electrons. The normalized spacial score (nSPS) is 19.4. The van der Waals surface area contributed by atoms with E-state index in [2.05, 4.69) is 37.2 Å². The molecule has 0 aliphatic carbocycles. The van der Waals surface area contributed by atoms with Crippen LogP contribution in [0.25, 0.3) is 0 Å². The molecule has 114 valence electrons. The van der Waals surface area contributed by atoms with Crippen molar-refractivity contribution in [3.05, 3.63) is 23.7 Å². The first kappa shape index (κ1) is 15.5. The topological polar surface area (TPSA) is 37.6 Å². The van der Waals surface area contributed by atoms with Crippen LogP contribution in [0.15, 0.2) is 16.7 Å². The molecule has 0 spiro atoms. The van der Waals surface area contributed by atoms with Crippen LogP contribution in [0, 0.1) is 5.92 Å². The lowest BCUT2D eigenvalue weighted by Gasteiger charge is -2.20. The molecule has 1 unspecified atom stereocenters. The summed E-state index contributed by atoms with van der Waals surface area (Å²) in [5.74, 6) is 1.74. The Kier molecular flexibility index (Phi) is 6.07. The Labute approximate surface area is 122 Å². The van der Waals surface area contributed by atoms with Crippen molar-refractivity contribution in [1.29, 1.82) is 0 Å². The molecule has 1 N–H and O–H groups in total. The molecule has 0 amide bonds. The summed E-state index contributed by atoms with van der Waals surface area (Å²) in [4.78, 5) is 2.29. The average molecular weight is 280 g/mol. The maximum Gasteiger partial charge on any atom is 0.122 e. The number of nitrogens with zero attached hydrogens (tertiary/aromatic N) is 1. The van der Waals surface area contributed by atoms with Gasteiger partial charge in [0.1, 0.15) is 5.76 Å². The van der Waals surface area contributed by atoms with E-state index in [-0.39, 0.29) is 0 Å². The van der Waals surface area contributed by atoms with E-state index >= 15 is 0 Å². The quantitative estimate of drug-likeness (QED) is 0.794. The standard InChI is InChI=1S/C16H28N2O2/c1-13(2)9-17-10-14-6-8-20-16(14)12-18(3)11-15-5-4-7-19-15/h6,8,13,15,17H,4-5,7,9-12H2,1-3H3. The van der Waals surface area contributed by atoms with Crippen molar-refractivity contribution in [2.45, 2.75) is 45.9 Å². The van der Waals surface area contributed by atoms with Gasteiger partial charge in [-0.25, -0.2) is 0 Å². The number of furan rings is 1. The highest BCUT2D eigenvalue weighted by Gasteiger charge is 2.18. The van der Waals surface area contributed by atoms with Gasteiger partial charge < -0.3 is 14.5 Å². The van der Waals surface area contributed by atoms with E-state index in [1.807, 2.05) is 0 Å². The fourth-order valence-electron chi connectivity index (χ4n) is 2.60. The van der Waals surface area contributed by atoms with E-state index < -0.39 is 0 Å². The van der Waals surface area contributed by atoms with Crippen molar-refractivity contribution in [2.24, 2.45) is 5.92 Å². The van der Waals surface area contributed by atoms with Gasteiger partial charge in [-0.1, -0.05) is 13.8 Å². The predicted molar refractivity (Wildman–Crippen MR) is 80.6 cm³/mol. The Morgan fingerprint density at radius 1 is 1.45 bits per heavy atom. The molecule has 1 fully saturated rings. The summed E-state index contributed by atoms with van der Waals surface area (Å²) in [5.41, 5.74) is 1.27. The van der Waals surface area contributed by atoms with Crippen molar-refractivity contribution >= 4 is 0 Å². The Morgan fingerprint density at radius 3 is 3.00 bits per heavy atom. The van der Waals surface area contributed by atoms with E-state index in [1.165, 1.54) is 18.4 Å². The zero-order chi connectivity index (χ0) is 14.4. The second-order valence-electron chi connectivity index (χ2n) is 6.23. The molecule has 4 nitrogen and oxygen atoms in total. The number of likely N-dealkylation sites (N-methyl/N-ethyl adjacent to an activating group) is 1. The highest BCUT2D eigenvalue weighted by Crippen LogP contribution is 2.16. The second kappa shape index (κ2) is 7.81. The van der Waals surface area contributed by atoms with Crippen LogP contribution in [0.5, 0.6) is 0 Å².